The Morgan fingerprint density at radius 1 is 1.47 bits per heavy atom. The van der Waals surface area contributed by atoms with Crippen molar-refractivity contribution in [1.82, 2.24) is 4.90 Å². The van der Waals surface area contributed by atoms with E-state index in [2.05, 4.69) is 18.1 Å². The van der Waals surface area contributed by atoms with E-state index in [1.54, 1.807) is 6.08 Å². The maximum atomic E-state index is 9.31. The maximum Gasteiger partial charge on any atom is 0.0679 e. The number of aliphatic hydroxyl groups excluding tert-OH is 1. The van der Waals surface area contributed by atoms with E-state index in [0.29, 0.717) is 0 Å². The van der Waals surface area contributed by atoms with E-state index >= 15 is 0 Å². The van der Waals surface area contributed by atoms with Gasteiger partial charge >= 0.3 is 0 Å². The Kier molecular flexibility index (Phi) is 7.96. The van der Waals surface area contributed by atoms with Gasteiger partial charge in [0.25, 0.3) is 0 Å². The van der Waals surface area contributed by atoms with Crippen molar-refractivity contribution in [3.63, 3.8) is 0 Å². The SMILES string of the molecule is C=C/C=C(\C=C)CN1CCC(O)C1.CC. The van der Waals surface area contributed by atoms with Crippen LogP contribution < -0.4 is 0 Å². The fourth-order valence-electron chi connectivity index (χ4n) is 1.55. The molecule has 1 unspecified atom stereocenters. The van der Waals surface area contributed by atoms with E-state index in [0.717, 1.165) is 31.6 Å². The van der Waals surface area contributed by atoms with E-state index in [4.69, 9.17) is 0 Å². The summed E-state index contributed by atoms with van der Waals surface area (Å²) in [6, 6.07) is 0. The van der Waals surface area contributed by atoms with Crippen molar-refractivity contribution in [2.24, 2.45) is 0 Å². The zero-order chi connectivity index (χ0) is 11.7. The van der Waals surface area contributed by atoms with Crippen LogP contribution in [0.5, 0.6) is 0 Å². The predicted octanol–water partition coefficient (Wildman–Crippen LogP) is 2.38. The van der Waals surface area contributed by atoms with Crippen LogP contribution in [0.2, 0.25) is 0 Å². The van der Waals surface area contributed by atoms with Gasteiger partial charge in [0.05, 0.1) is 6.10 Å². The molecule has 86 valence electrons. The van der Waals surface area contributed by atoms with Crippen LogP contribution in [0.3, 0.4) is 0 Å². The Bertz CT molecular complexity index is 221. The lowest BCUT2D eigenvalue weighted by Gasteiger charge is -2.14. The van der Waals surface area contributed by atoms with E-state index in [1.807, 2.05) is 26.0 Å². The zero-order valence-electron chi connectivity index (χ0n) is 9.95. The third-order valence-electron chi connectivity index (χ3n) is 2.25. The van der Waals surface area contributed by atoms with Gasteiger partial charge in [0, 0.05) is 19.6 Å². The maximum absolute atomic E-state index is 9.31. The first kappa shape index (κ1) is 14.1. The molecule has 1 fully saturated rings. The first-order valence-corrected chi connectivity index (χ1v) is 5.60. The highest BCUT2D eigenvalue weighted by atomic mass is 16.3. The Labute approximate surface area is 93.6 Å². The molecule has 0 spiro atoms. The van der Waals surface area contributed by atoms with Gasteiger partial charge in [-0.1, -0.05) is 45.2 Å². The lowest BCUT2D eigenvalue weighted by atomic mass is 10.2. The minimum atomic E-state index is -0.144. The van der Waals surface area contributed by atoms with Crippen molar-refractivity contribution >= 4 is 0 Å². The molecule has 1 rings (SSSR count). The standard InChI is InChI=1S/C11H17NO.C2H6/c1-3-5-10(4-2)8-12-7-6-11(13)9-12;1-2/h3-5,11,13H,1-2,6-9H2;1-2H3/b10-5+;. The lowest BCUT2D eigenvalue weighted by Crippen LogP contribution is -2.23. The molecule has 15 heavy (non-hydrogen) atoms. The predicted molar refractivity (Wildman–Crippen MR) is 66.9 cm³/mol. The van der Waals surface area contributed by atoms with Gasteiger partial charge in [-0.15, -0.1) is 0 Å². The molecule has 1 saturated heterocycles. The second kappa shape index (κ2) is 8.45. The largest absolute Gasteiger partial charge is 0.392 e. The molecule has 0 aromatic rings. The average molecular weight is 209 g/mol. The molecule has 1 atom stereocenters. The summed E-state index contributed by atoms with van der Waals surface area (Å²) in [6.45, 7) is 14.0. The molecule has 1 aliphatic rings. The number of aliphatic hydroxyl groups is 1. The van der Waals surface area contributed by atoms with Crippen molar-refractivity contribution < 1.29 is 5.11 Å². The molecule has 1 heterocycles. The molecule has 2 nitrogen and oxygen atoms in total. The normalized spacial score (nSPS) is 21.8. The summed E-state index contributed by atoms with van der Waals surface area (Å²) in [4.78, 5) is 2.22. The van der Waals surface area contributed by atoms with Crippen molar-refractivity contribution in [1.29, 1.82) is 0 Å². The van der Waals surface area contributed by atoms with Crippen LogP contribution in [0.4, 0.5) is 0 Å². The molecule has 0 radical (unpaired) electrons. The monoisotopic (exact) mass is 209 g/mol. The summed E-state index contributed by atoms with van der Waals surface area (Å²) in [5.74, 6) is 0. The number of hydrogen-bond acceptors (Lipinski definition) is 2. The summed E-state index contributed by atoms with van der Waals surface area (Å²) in [5.41, 5.74) is 1.16. The summed E-state index contributed by atoms with van der Waals surface area (Å²) >= 11 is 0. The third-order valence-corrected chi connectivity index (χ3v) is 2.25. The van der Waals surface area contributed by atoms with Crippen LogP contribution in [-0.4, -0.2) is 35.7 Å². The summed E-state index contributed by atoms with van der Waals surface area (Å²) in [7, 11) is 0. The van der Waals surface area contributed by atoms with Crippen LogP contribution in [0.15, 0.2) is 37.0 Å². The number of allylic oxidation sites excluding steroid dienone is 2. The van der Waals surface area contributed by atoms with Gasteiger partial charge in [-0.3, -0.25) is 4.90 Å². The van der Waals surface area contributed by atoms with Gasteiger partial charge in [-0.05, 0) is 12.0 Å². The van der Waals surface area contributed by atoms with Crippen molar-refractivity contribution in [3.05, 3.63) is 37.0 Å². The van der Waals surface area contributed by atoms with Crippen molar-refractivity contribution in [2.45, 2.75) is 26.4 Å². The quantitative estimate of drug-likeness (QED) is 0.719. The molecular weight excluding hydrogens is 186 g/mol. The van der Waals surface area contributed by atoms with E-state index in [9.17, 15) is 5.11 Å². The topological polar surface area (TPSA) is 23.5 Å². The minimum Gasteiger partial charge on any atom is -0.392 e. The van der Waals surface area contributed by atoms with Crippen LogP contribution in [0, 0.1) is 0 Å². The van der Waals surface area contributed by atoms with Crippen LogP contribution >= 0.6 is 0 Å². The Balaban J connectivity index is 0.000000921. The molecule has 1 N–H and O–H groups in total. The van der Waals surface area contributed by atoms with Crippen molar-refractivity contribution in [3.8, 4) is 0 Å². The summed E-state index contributed by atoms with van der Waals surface area (Å²) in [5, 5.41) is 9.31. The lowest BCUT2D eigenvalue weighted by molar-refractivity contribution is 0.179. The molecule has 0 aromatic carbocycles. The second-order valence-electron chi connectivity index (χ2n) is 3.36. The fraction of sp³-hybridized carbons (Fsp3) is 0.538. The fourth-order valence-corrected chi connectivity index (χ4v) is 1.55. The van der Waals surface area contributed by atoms with Gasteiger partial charge < -0.3 is 5.11 Å². The van der Waals surface area contributed by atoms with E-state index < -0.39 is 0 Å². The molecule has 1 aliphatic heterocycles. The number of nitrogens with zero attached hydrogens (tertiary/aromatic N) is 1. The highest BCUT2D eigenvalue weighted by molar-refractivity contribution is 5.22. The average Bonchev–Trinajstić information content (AvgIpc) is 2.66. The Hall–Kier alpha value is -0.860. The number of rotatable bonds is 4. The molecule has 2 heteroatoms. The van der Waals surface area contributed by atoms with Crippen LogP contribution in [0.25, 0.3) is 0 Å². The summed E-state index contributed by atoms with van der Waals surface area (Å²) in [6.07, 6.45) is 6.31. The van der Waals surface area contributed by atoms with Crippen molar-refractivity contribution in [2.75, 3.05) is 19.6 Å². The molecule has 0 bridgehead atoms. The number of likely N-dealkylation sites (tertiary alicyclic amines) is 1. The minimum absolute atomic E-state index is 0.144. The zero-order valence-corrected chi connectivity index (χ0v) is 9.95. The molecule has 0 aliphatic carbocycles. The smallest absolute Gasteiger partial charge is 0.0679 e. The Morgan fingerprint density at radius 3 is 2.53 bits per heavy atom. The molecule has 0 aromatic heterocycles. The van der Waals surface area contributed by atoms with Crippen LogP contribution in [0.1, 0.15) is 20.3 Å². The van der Waals surface area contributed by atoms with Gasteiger partial charge in [0.1, 0.15) is 0 Å². The Morgan fingerprint density at radius 2 is 2.13 bits per heavy atom. The molecular formula is C13H23NO. The highest BCUT2D eigenvalue weighted by Gasteiger charge is 2.19. The van der Waals surface area contributed by atoms with E-state index in [-0.39, 0.29) is 6.10 Å². The van der Waals surface area contributed by atoms with Gasteiger partial charge in [0.15, 0.2) is 0 Å². The molecule has 0 amide bonds. The second-order valence-corrected chi connectivity index (χ2v) is 3.36. The first-order valence-electron chi connectivity index (χ1n) is 5.60. The first-order chi connectivity index (χ1) is 7.26. The molecule has 0 saturated carbocycles. The van der Waals surface area contributed by atoms with Gasteiger partial charge in [-0.2, -0.15) is 0 Å². The number of β-amino-alcohol motifs (C(OH)–C–C–N with tert-alkyl or cyclic N) is 1. The van der Waals surface area contributed by atoms with Crippen LogP contribution in [-0.2, 0) is 0 Å². The number of hydrogen-bond donors (Lipinski definition) is 1. The van der Waals surface area contributed by atoms with Gasteiger partial charge in [-0.25, -0.2) is 0 Å². The summed E-state index contributed by atoms with van der Waals surface area (Å²) < 4.78 is 0. The van der Waals surface area contributed by atoms with Gasteiger partial charge in [0.2, 0.25) is 0 Å². The third kappa shape index (κ3) is 5.55. The van der Waals surface area contributed by atoms with E-state index in [1.165, 1.54) is 0 Å². The highest BCUT2D eigenvalue weighted by Crippen LogP contribution is 2.11.